The van der Waals surface area contributed by atoms with Gasteiger partial charge in [-0.3, -0.25) is 0 Å². The van der Waals surface area contributed by atoms with Crippen LogP contribution in [0, 0.1) is 13.8 Å². The molecule has 0 spiro atoms. The summed E-state index contributed by atoms with van der Waals surface area (Å²) in [5.74, 6) is 0. The fourth-order valence-corrected chi connectivity index (χ4v) is 11.7. The molecule has 4 heterocycles. The third kappa shape index (κ3) is 4.64. The second kappa shape index (κ2) is 11.7. The Morgan fingerprint density at radius 2 is 1.36 bits per heavy atom. The number of para-hydroxylation sites is 1. The smallest absolute Gasteiger partial charge is 0.333 e. The molecule has 0 bridgehead atoms. The Kier molecular flexibility index (Phi) is 7.25. The van der Waals surface area contributed by atoms with Gasteiger partial charge in [-0.2, -0.15) is 0 Å². The zero-order chi connectivity index (χ0) is 40.3. The molecule has 2 atom stereocenters. The molecule has 4 aliphatic rings. The van der Waals surface area contributed by atoms with Gasteiger partial charge >= 0.3 is 6.85 Å². The largest absolute Gasteiger partial charge is 0.454 e. The molecule has 7 aromatic rings. The van der Waals surface area contributed by atoms with Gasteiger partial charge in [-0.25, -0.2) is 0 Å². The predicted molar refractivity (Wildman–Crippen MR) is 248 cm³/mol. The summed E-state index contributed by atoms with van der Waals surface area (Å²) in [5, 5.41) is 2.33. The zero-order valence-corrected chi connectivity index (χ0v) is 36.0. The van der Waals surface area contributed by atoms with Crippen molar-refractivity contribution in [2.24, 2.45) is 0 Å². The van der Waals surface area contributed by atoms with E-state index in [-0.39, 0.29) is 28.6 Å². The van der Waals surface area contributed by atoms with Crippen LogP contribution in [0.25, 0.3) is 44.2 Å². The van der Waals surface area contributed by atoms with Gasteiger partial charge in [0.1, 0.15) is 5.58 Å². The lowest BCUT2D eigenvalue weighted by Gasteiger charge is -2.53. The highest BCUT2D eigenvalue weighted by Crippen LogP contribution is 2.63. The van der Waals surface area contributed by atoms with Crippen LogP contribution in [0.2, 0.25) is 0 Å². The van der Waals surface area contributed by atoms with Crippen molar-refractivity contribution < 1.29 is 4.42 Å². The van der Waals surface area contributed by atoms with Crippen molar-refractivity contribution in [1.29, 1.82) is 0 Å². The van der Waals surface area contributed by atoms with Gasteiger partial charge in [0.05, 0.1) is 11.2 Å². The van der Waals surface area contributed by atoms with Gasteiger partial charge in [-0.05, 0) is 130 Å². The minimum Gasteiger partial charge on any atom is -0.454 e. The summed E-state index contributed by atoms with van der Waals surface area (Å²) in [7, 11) is 0. The Morgan fingerprint density at radius 1 is 0.621 bits per heavy atom. The molecule has 0 saturated heterocycles. The van der Waals surface area contributed by atoms with Crippen molar-refractivity contribution in [3.8, 4) is 22.3 Å². The van der Waals surface area contributed by atoms with Crippen molar-refractivity contribution in [2.45, 2.75) is 117 Å². The molecule has 0 radical (unpaired) electrons. The maximum Gasteiger partial charge on any atom is 0.333 e. The van der Waals surface area contributed by atoms with Crippen LogP contribution in [0.3, 0.4) is 0 Å². The first-order chi connectivity index (χ1) is 27.6. The van der Waals surface area contributed by atoms with E-state index in [0.29, 0.717) is 0 Å². The Labute approximate surface area is 345 Å². The second-order valence-corrected chi connectivity index (χ2v) is 20.6. The zero-order valence-electron chi connectivity index (χ0n) is 36.0. The normalized spacial score (nSPS) is 20.7. The highest BCUT2D eigenvalue weighted by molar-refractivity contribution is 6.94. The van der Waals surface area contributed by atoms with Crippen molar-refractivity contribution >= 4 is 62.5 Å². The molecule has 1 aromatic heterocycles. The van der Waals surface area contributed by atoms with E-state index in [1.54, 1.807) is 0 Å². The van der Waals surface area contributed by atoms with E-state index in [4.69, 9.17) is 4.42 Å². The number of aryl methyl sites for hydroxylation is 2. The molecule has 58 heavy (non-hydrogen) atoms. The lowest BCUT2D eigenvalue weighted by molar-refractivity contribution is 0.195. The summed E-state index contributed by atoms with van der Waals surface area (Å²) >= 11 is 0. The summed E-state index contributed by atoms with van der Waals surface area (Å²) < 4.78 is 7.09. The minimum atomic E-state index is -0.0694. The molecular formula is C54H55BN2O. The van der Waals surface area contributed by atoms with Gasteiger partial charge in [0.25, 0.3) is 0 Å². The molecule has 3 aliphatic heterocycles. The lowest BCUT2D eigenvalue weighted by atomic mass is 9.43. The van der Waals surface area contributed by atoms with Gasteiger partial charge < -0.3 is 14.1 Å². The SMILES string of the molecule is Cc1ccccc1-c1cc2c3c(c1)N1c4c(cc(C(C)(C)C)cc4C4(C)CCCCC14C)B3N(c1ccc(C(C)(C)C)cc1C)c1c-2ccc2c1oc1ccccc12. The van der Waals surface area contributed by atoms with Crippen LogP contribution in [-0.4, -0.2) is 12.4 Å². The number of anilines is 4. The first kappa shape index (κ1) is 35.9. The third-order valence-corrected chi connectivity index (χ3v) is 15.2. The van der Waals surface area contributed by atoms with Crippen molar-refractivity contribution in [2.75, 3.05) is 9.71 Å². The highest BCUT2D eigenvalue weighted by atomic mass is 16.3. The summed E-state index contributed by atoms with van der Waals surface area (Å²) in [5.41, 5.74) is 21.9. The fraction of sp³-hybridized carbons (Fsp3) is 0.333. The standard InChI is InChI=1S/C54H55BN2O/c1-32-17-11-12-18-37(32)34-28-41-39-22-23-40-38-19-13-14-20-46(38)58-50(40)48(39)57(44-24-21-35(27-33(44)2)51(3,4)5)55-43-31-36(52(6,7)8)30-42-49(43)56(45(29-34)47(41)55)54(10)26-16-15-25-53(42,54)9/h11-14,17-24,27-31H,15-16,25-26H2,1-10H3. The van der Waals surface area contributed by atoms with Crippen LogP contribution in [0.15, 0.2) is 108 Å². The lowest BCUT2D eigenvalue weighted by Crippen LogP contribution is -2.64. The molecule has 6 aromatic carbocycles. The predicted octanol–water partition coefficient (Wildman–Crippen LogP) is 13.4. The number of benzene rings is 6. The molecule has 1 aliphatic carbocycles. The molecule has 0 amide bonds. The van der Waals surface area contributed by atoms with Crippen LogP contribution in [-0.2, 0) is 16.2 Å². The van der Waals surface area contributed by atoms with Gasteiger partial charge in [-0.1, -0.05) is 134 Å². The monoisotopic (exact) mass is 758 g/mol. The number of furan rings is 1. The Bertz CT molecular complexity index is 2900. The van der Waals surface area contributed by atoms with Crippen molar-refractivity contribution in [1.82, 2.24) is 0 Å². The summed E-state index contributed by atoms with van der Waals surface area (Å²) in [6.45, 7) is 23.9. The molecule has 2 unspecified atom stereocenters. The van der Waals surface area contributed by atoms with Crippen LogP contribution < -0.4 is 20.6 Å². The second-order valence-electron chi connectivity index (χ2n) is 20.6. The van der Waals surface area contributed by atoms with Crippen LogP contribution in [0.5, 0.6) is 0 Å². The van der Waals surface area contributed by atoms with E-state index in [2.05, 4.69) is 182 Å². The summed E-state index contributed by atoms with van der Waals surface area (Å²) in [6.07, 6.45) is 4.88. The van der Waals surface area contributed by atoms with E-state index in [1.807, 2.05) is 0 Å². The molecule has 11 rings (SSSR count). The molecule has 1 fully saturated rings. The maximum absolute atomic E-state index is 7.09. The van der Waals surface area contributed by atoms with E-state index < -0.39 is 0 Å². The van der Waals surface area contributed by atoms with E-state index in [0.717, 1.165) is 16.6 Å². The number of nitrogens with zero attached hydrogens (tertiary/aromatic N) is 2. The Balaban J connectivity index is 1.34. The number of hydrogen-bond donors (Lipinski definition) is 0. The molecule has 4 heteroatoms. The maximum atomic E-state index is 7.09. The average Bonchev–Trinajstić information content (AvgIpc) is 3.66. The van der Waals surface area contributed by atoms with Gasteiger partial charge in [0, 0.05) is 38.8 Å². The van der Waals surface area contributed by atoms with E-state index >= 15 is 0 Å². The van der Waals surface area contributed by atoms with Gasteiger partial charge in [0.2, 0.25) is 0 Å². The fourth-order valence-electron chi connectivity index (χ4n) is 11.7. The highest BCUT2D eigenvalue weighted by Gasteiger charge is 2.62. The molecule has 1 saturated carbocycles. The van der Waals surface area contributed by atoms with Gasteiger partial charge in [-0.15, -0.1) is 0 Å². The van der Waals surface area contributed by atoms with E-state index in [1.165, 1.54) is 115 Å². The molecule has 3 nitrogen and oxygen atoms in total. The first-order valence-electron chi connectivity index (χ1n) is 21.7. The van der Waals surface area contributed by atoms with Crippen molar-refractivity contribution in [3.05, 3.63) is 131 Å². The summed E-state index contributed by atoms with van der Waals surface area (Å²) in [6, 6.07) is 39.8. The topological polar surface area (TPSA) is 19.6 Å². The number of hydrogen-bond acceptors (Lipinski definition) is 3. The molecular weight excluding hydrogens is 703 g/mol. The van der Waals surface area contributed by atoms with Gasteiger partial charge in [0.15, 0.2) is 5.58 Å². The summed E-state index contributed by atoms with van der Waals surface area (Å²) in [4.78, 5) is 5.59. The molecule has 290 valence electrons. The van der Waals surface area contributed by atoms with Crippen molar-refractivity contribution in [3.63, 3.8) is 0 Å². The third-order valence-electron chi connectivity index (χ3n) is 15.2. The number of fused-ring (bicyclic) bond motifs is 11. The van der Waals surface area contributed by atoms with Crippen LogP contribution in [0.4, 0.5) is 22.7 Å². The van der Waals surface area contributed by atoms with E-state index in [9.17, 15) is 0 Å². The van der Waals surface area contributed by atoms with Crippen LogP contribution in [0.1, 0.15) is 109 Å². The minimum absolute atomic E-state index is 0.00357. The molecule has 0 N–H and O–H groups in total. The average molecular weight is 759 g/mol. The Morgan fingerprint density at radius 3 is 2.12 bits per heavy atom. The quantitative estimate of drug-likeness (QED) is 0.164. The number of rotatable bonds is 2. The first-order valence-corrected chi connectivity index (χ1v) is 21.7. The Hall–Kier alpha value is -5.22. The van der Waals surface area contributed by atoms with Crippen LogP contribution >= 0.6 is 0 Å².